The van der Waals surface area contributed by atoms with E-state index in [1.54, 1.807) is 42.9 Å². The van der Waals surface area contributed by atoms with E-state index in [1.165, 1.54) is 11.8 Å². The molecule has 0 atom stereocenters. The Labute approximate surface area is 156 Å². The van der Waals surface area contributed by atoms with E-state index in [9.17, 15) is 4.79 Å². The second-order valence-corrected chi connectivity index (χ2v) is 5.79. The van der Waals surface area contributed by atoms with Crippen molar-refractivity contribution in [2.75, 3.05) is 19.0 Å². The summed E-state index contributed by atoms with van der Waals surface area (Å²) in [4.78, 5) is 19.9. The Morgan fingerprint density at radius 2 is 2.12 bits per heavy atom. The molecule has 1 aromatic heterocycles. The fourth-order valence-corrected chi connectivity index (χ4v) is 2.44. The van der Waals surface area contributed by atoms with Crippen LogP contribution in [0.15, 0.2) is 59.6 Å². The number of aromatic nitrogens is 2. The number of thioether (sulfide) groups is 1. The minimum absolute atomic E-state index is 0.180. The number of carbonyl (C=O) groups excluding carboxylic acids is 1. The highest BCUT2D eigenvalue weighted by Crippen LogP contribution is 2.28. The SMILES string of the molecule is C=CCOc1ccc(/C=N\NC(=O)CSc2ncccn2)cc1OCC. The van der Waals surface area contributed by atoms with E-state index < -0.39 is 0 Å². The maximum absolute atomic E-state index is 11.8. The lowest BCUT2D eigenvalue weighted by Crippen LogP contribution is -2.19. The maximum Gasteiger partial charge on any atom is 0.250 e. The highest BCUT2D eigenvalue weighted by Gasteiger charge is 2.06. The molecule has 0 unspecified atom stereocenters. The minimum Gasteiger partial charge on any atom is -0.490 e. The van der Waals surface area contributed by atoms with Crippen molar-refractivity contribution in [1.82, 2.24) is 15.4 Å². The molecule has 0 aliphatic carbocycles. The zero-order valence-corrected chi connectivity index (χ0v) is 15.2. The maximum atomic E-state index is 11.8. The number of amides is 1. The van der Waals surface area contributed by atoms with Gasteiger partial charge in [0.15, 0.2) is 16.7 Å². The Morgan fingerprint density at radius 3 is 2.85 bits per heavy atom. The van der Waals surface area contributed by atoms with Crippen molar-refractivity contribution < 1.29 is 14.3 Å². The third-order valence-corrected chi connectivity index (χ3v) is 3.78. The van der Waals surface area contributed by atoms with E-state index in [-0.39, 0.29) is 11.7 Å². The van der Waals surface area contributed by atoms with Crippen LogP contribution in [0.3, 0.4) is 0 Å². The van der Waals surface area contributed by atoms with Gasteiger partial charge < -0.3 is 9.47 Å². The van der Waals surface area contributed by atoms with E-state index in [0.29, 0.717) is 29.9 Å². The van der Waals surface area contributed by atoms with E-state index in [0.717, 1.165) is 5.56 Å². The lowest BCUT2D eigenvalue weighted by atomic mass is 10.2. The van der Waals surface area contributed by atoms with Crippen LogP contribution in [0.5, 0.6) is 11.5 Å². The van der Waals surface area contributed by atoms with Gasteiger partial charge in [-0.2, -0.15) is 5.10 Å². The summed E-state index contributed by atoms with van der Waals surface area (Å²) >= 11 is 1.24. The van der Waals surface area contributed by atoms with Crippen LogP contribution in [-0.4, -0.2) is 41.1 Å². The van der Waals surface area contributed by atoms with Crippen molar-refractivity contribution >= 4 is 23.9 Å². The molecule has 0 bridgehead atoms. The fraction of sp³-hybridized carbons (Fsp3) is 0.222. The minimum atomic E-state index is -0.241. The first-order valence-electron chi connectivity index (χ1n) is 7.95. The molecule has 7 nitrogen and oxygen atoms in total. The number of hydrazone groups is 1. The number of rotatable bonds is 10. The molecule has 26 heavy (non-hydrogen) atoms. The predicted molar refractivity (Wildman–Crippen MR) is 102 cm³/mol. The topological polar surface area (TPSA) is 85.7 Å². The molecule has 0 saturated carbocycles. The molecule has 2 rings (SSSR count). The van der Waals surface area contributed by atoms with Crippen LogP contribution in [0, 0.1) is 0 Å². The molecule has 8 heteroatoms. The Hall–Kier alpha value is -2.87. The van der Waals surface area contributed by atoms with Crippen LogP contribution in [-0.2, 0) is 4.79 Å². The van der Waals surface area contributed by atoms with Gasteiger partial charge in [0.1, 0.15) is 6.61 Å². The van der Waals surface area contributed by atoms with Crippen molar-refractivity contribution in [3.8, 4) is 11.5 Å². The Bertz CT molecular complexity index is 753. The molecule has 1 heterocycles. The summed E-state index contributed by atoms with van der Waals surface area (Å²) in [5.74, 6) is 1.18. The van der Waals surface area contributed by atoms with Crippen molar-refractivity contribution in [3.63, 3.8) is 0 Å². The zero-order valence-electron chi connectivity index (χ0n) is 14.4. The highest BCUT2D eigenvalue weighted by molar-refractivity contribution is 7.99. The molecular formula is C18H20N4O3S. The molecule has 1 amide bonds. The molecule has 136 valence electrons. The molecular weight excluding hydrogens is 352 g/mol. The van der Waals surface area contributed by atoms with Crippen LogP contribution in [0.1, 0.15) is 12.5 Å². The molecule has 0 fully saturated rings. The monoisotopic (exact) mass is 372 g/mol. The van der Waals surface area contributed by atoms with Crippen LogP contribution in [0.25, 0.3) is 0 Å². The van der Waals surface area contributed by atoms with Crippen LogP contribution in [0.2, 0.25) is 0 Å². The quantitative estimate of drug-likeness (QED) is 0.227. The second kappa shape index (κ2) is 10.9. The van der Waals surface area contributed by atoms with Crippen molar-refractivity contribution in [2.24, 2.45) is 5.10 Å². The van der Waals surface area contributed by atoms with Crippen molar-refractivity contribution in [1.29, 1.82) is 0 Å². The van der Waals surface area contributed by atoms with Crippen molar-refractivity contribution in [3.05, 3.63) is 54.9 Å². The smallest absolute Gasteiger partial charge is 0.250 e. The predicted octanol–water partition coefficient (Wildman–Crippen LogP) is 2.68. The van der Waals surface area contributed by atoms with Gasteiger partial charge >= 0.3 is 0 Å². The van der Waals surface area contributed by atoms with Gasteiger partial charge in [-0.1, -0.05) is 24.4 Å². The molecule has 0 aliphatic rings. The first-order chi connectivity index (χ1) is 12.7. The van der Waals surface area contributed by atoms with Gasteiger partial charge in [-0.15, -0.1) is 0 Å². The number of hydrogen-bond acceptors (Lipinski definition) is 7. The first-order valence-corrected chi connectivity index (χ1v) is 8.93. The number of ether oxygens (including phenoxy) is 2. The number of hydrogen-bond donors (Lipinski definition) is 1. The Kier molecular flexibility index (Phi) is 8.14. The van der Waals surface area contributed by atoms with E-state index in [4.69, 9.17) is 9.47 Å². The van der Waals surface area contributed by atoms with Crippen LogP contribution >= 0.6 is 11.8 Å². The summed E-state index contributed by atoms with van der Waals surface area (Å²) in [6.45, 7) is 6.43. The van der Waals surface area contributed by atoms with E-state index in [2.05, 4.69) is 27.1 Å². The normalized spacial score (nSPS) is 10.5. The van der Waals surface area contributed by atoms with Gasteiger partial charge in [-0.25, -0.2) is 15.4 Å². The number of carbonyl (C=O) groups is 1. The number of nitrogens with zero attached hydrogens (tertiary/aromatic N) is 3. The average molecular weight is 372 g/mol. The summed E-state index contributed by atoms with van der Waals surface area (Å²) < 4.78 is 11.1. The number of benzene rings is 1. The van der Waals surface area contributed by atoms with Gasteiger partial charge in [0, 0.05) is 12.4 Å². The fourth-order valence-electron chi connectivity index (χ4n) is 1.84. The largest absolute Gasteiger partial charge is 0.490 e. The average Bonchev–Trinajstić information content (AvgIpc) is 2.67. The third-order valence-electron chi connectivity index (χ3n) is 2.90. The van der Waals surface area contributed by atoms with Gasteiger partial charge in [0.25, 0.3) is 5.91 Å². The van der Waals surface area contributed by atoms with E-state index >= 15 is 0 Å². The standard InChI is InChI=1S/C18H20N4O3S/c1-3-10-25-15-7-6-14(11-16(15)24-4-2)12-21-22-17(23)13-26-18-19-8-5-9-20-18/h3,5-9,11-12H,1,4,10,13H2,2H3,(H,22,23)/b21-12-. The summed E-state index contributed by atoms with van der Waals surface area (Å²) in [6, 6.07) is 7.13. The van der Waals surface area contributed by atoms with Crippen molar-refractivity contribution in [2.45, 2.75) is 12.1 Å². The molecule has 0 aliphatic heterocycles. The summed E-state index contributed by atoms with van der Waals surface area (Å²) in [5, 5.41) is 4.50. The molecule has 0 saturated heterocycles. The van der Waals surface area contributed by atoms with Gasteiger partial charge in [-0.3, -0.25) is 4.79 Å². The van der Waals surface area contributed by atoms with Crippen LogP contribution < -0.4 is 14.9 Å². The van der Waals surface area contributed by atoms with Gasteiger partial charge in [-0.05, 0) is 36.8 Å². The number of nitrogens with one attached hydrogen (secondary N) is 1. The van der Waals surface area contributed by atoms with Crippen LogP contribution in [0.4, 0.5) is 0 Å². The van der Waals surface area contributed by atoms with Gasteiger partial charge in [0.2, 0.25) is 0 Å². The van der Waals surface area contributed by atoms with E-state index in [1.807, 2.05) is 13.0 Å². The summed E-state index contributed by atoms with van der Waals surface area (Å²) in [7, 11) is 0. The molecule has 0 radical (unpaired) electrons. The molecule has 0 spiro atoms. The zero-order chi connectivity index (χ0) is 18.6. The second-order valence-electron chi connectivity index (χ2n) is 4.85. The molecule has 1 N–H and O–H groups in total. The Balaban J connectivity index is 1.89. The molecule has 1 aromatic carbocycles. The lowest BCUT2D eigenvalue weighted by molar-refractivity contribution is -0.118. The summed E-state index contributed by atoms with van der Waals surface area (Å²) in [6.07, 6.45) is 6.47. The molecule has 2 aromatic rings. The van der Waals surface area contributed by atoms with Gasteiger partial charge in [0.05, 0.1) is 18.6 Å². The third kappa shape index (κ3) is 6.56. The summed E-state index contributed by atoms with van der Waals surface area (Å²) in [5.41, 5.74) is 3.25. The Morgan fingerprint density at radius 1 is 1.31 bits per heavy atom. The first kappa shape index (κ1) is 19.5. The lowest BCUT2D eigenvalue weighted by Gasteiger charge is -2.11. The highest BCUT2D eigenvalue weighted by atomic mass is 32.2.